The van der Waals surface area contributed by atoms with E-state index in [-0.39, 0.29) is 4.90 Å². The number of alkyl halides is 3. The summed E-state index contributed by atoms with van der Waals surface area (Å²) in [5.74, 6) is 0.321. The Morgan fingerprint density at radius 2 is 1.65 bits per heavy atom. The molecule has 1 aromatic carbocycles. The highest BCUT2D eigenvalue weighted by molar-refractivity contribution is 7.89. The third-order valence-electron chi connectivity index (χ3n) is 4.40. The molecule has 1 aromatic heterocycles. The van der Waals surface area contributed by atoms with Crippen LogP contribution < -0.4 is 5.14 Å². The predicted molar refractivity (Wildman–Crippen MR) is 92.3 cm³/mol. The summed E-state index contributed by atoms with van der Waals surface area (Å²) in [5.41, 5.74) is 2.39. The van der Waals surface area contributed by atoms with Gasteiger partial charge in [-0.25, -0.2) is 13.6 Å². The van der Waals surface area contributed by atoms with Gasteiger partial charge in [0, 0.05) is 6.20 Å². The van der Waals surface area contributed by atoms with Crippen molar-refractivity contribution < 1.29 is 21.6 Å². The molecule has 1 heterocycles. The molecule has 8 heteroatoms. The molecule has 4 nitrogen and oxygen atoms in total. The fourth-order valence-corrected chi connectivity index (χ4v) is 3.67. The fourth-order valence-electron chi connectivity index (χ4n) is 3.15. The topological polar surface area (TPSA) is 73.1 Å². The largest absolute Gasteiger partial charge is 0.417 e. The monoisotopic (exact) mass is 382 g/mol. The smallest absolute Gasteiger partial charge is 0.256 e. The molecule has 0 saturated heterocycles. The summed E-state index contributed by atoms with van der Waals surface area (Å²) in [4.78, 5) is 4.02. The summed E-state index contributed by atoms with van der Waals surface area (Å²) >= 11 is 0. The molecule has 2 aromatic rings. The minimum absolute atomic E-state index is 0.0158. The van der Waals surface area contributed by atoms with E-state index in [4.69, 9.17) is 5.14 Å². The number of primary sulfonamides is 1. The van der Waals surface area contributed by atoms with Crippen molar-refractivity contribution in [1.29, 1.82) is 0 Å². The lowest BCUT2D eigenvalue weighted by Crippen LogP contribution is -2.11. The fraction of sp³-hybridized carbons (Fsp3) is 0.278. The second kappa shape index (κ2) is 6.51. The van der Waals surface area contributed by atoms with Crippen LogP contribution in [0.1, 0.15) is 36.6 Å². The Bertz CT molecular complexity index is 947. The first kappa shape index (κ1) is 18.6. The number of nitrogens with zero attached hydrogens (tertiary/aromatic N) is 1. The van der Waals surface area contributed by atoms with Gasteiger partial charge in [-0.15, -0.1) is 0 Å². The number of allylic oxidation sites excluding steroid dienone is 2. The molecule has 0 aliphatic heterocycles. The van der Waals surface area contributed by atoms with Gasteiger partial charge in [0.1, 0.15) is 0 Å². The summed E-state index contributed by atoms with van der Waals surface area (Å²) in [6.45, 7) is 2.05. The third kappa shape index (κ3) is 3.81. The molecule has 0 saturated carbocycles. The molecule has 0 radical (unpaired) electrons. The van der Waals surface area contributed by atoms with Gasteiger partial charge in [-0.3, -0.25) is 4.98 Å². The second-order valence-electron chi connectivity index (χ2n) is 6.47. The number of aromatic nitrogens is 1. The Morgan fingerprint density at radius 3 is 2.15 bits per heavy atom. The Labute approximate surface area is 149 Å². The van der Waals surface area contributed by atoms with Crippen molar-refractivity contribution in [3.05, 3.63) is 59.4 Å². The van der Waals surface area contributed by atoms with Gasteiger partial charge in [0.2, 0.25) is 10.0 Å². The van der Waals surface area contributed by atoms with E-state index in [2.05, 4.69) is 11.9 Å². The Morgan fingerprint density at radius 1 is 1.04 bits per heavy atom. The van der Waals surface area contributed by atoms with Crippen molar-refractivity contribution >= 4 is 21.2 Å². The molecule has 0 spiro atoms. The van der Waals surface area contributed by atoms with E-state index in [1.807, 2.05) is 0 Å². The maximum atomic E-state index is 12.7. The zero-order chi connectivity index (χ0) is 19.1. The molecule has 0 fully saturated rings. The number of benzene rings is 1. The van der Waals surface area contributed by atoms with Crippen LogP contribution in [0.5, 0.6) is 0 Å². The Balaban J connectivity index is 2.00. The normalized spacial score (nSPS) is 18.4. The van der Waals surface area contributed by atoms with E-state index >= 15 is 0 Å². The molecule has 0 amide bonds. The van der Waals surface area contributed by atoms with E-state index in [1.165, 1.54) is 18.2 Å². The van der Waals surface area contributed by atoms with E-state index in [9.17, 15) is 21.6 Å². The number of halogens is 3. The third-order valence-corrected chi connectivity index (χ3v) is 5.33. The van der Waals surface area contributed by atoms with Gasteiger partial charge < -0.3 is 0 Å². The van der Waals surface area contributed by atoms with Gasteiger partial charge in [-0.1, -0.05) is 19.1 Å². The van der Waals surface area contributed by atoms with Gasteiger partial charge >= 0.3 is 6.18 Å². The summed E-state index contributed by atoms with van der Waals surface area (Å²) < 4.78 is 60.9. The van der Waals surface area contributed by atoms with Crippen LogP contribution in [-0.4, -0.2) is 13.4 Å². The summed E-state index contributed by atoms with van der Waals surface area (Å²) in [5, 5.41) is 5.11. The van der Waals surface area contributed by atoms with Crippen molar-refractivity contribution in [3.8, 4) is 0 Å². The maximum absolute atomic E-state index is 12.7. The molecule has 1 atom stereocenters. The average molecular weight is 382 g/mol. The van der Waals surface area contributed by atoms with Crippen LogP contribution in [0.3, 0.4) is 0 Å². The minimum Gasteiger partial charge on any atom is -0.256 e. The van der Waals surface area contributed by atoms with E-state index in [0.717, 1.165) is 35.4 Å². The molecule has 26 heavy (non-hydrogen) atoms. The standard InChI is InChI=1S/C18H17F3N2O2S/c1-11-8-15(12-2-5-14(6-3-12)26(22,24)25)16(9-11)17-7-4-13(10-23-17)18(19,20)21/h2-7,10-11H,8-9H2,1H3,(H2,22,24,25). The van der Waals surface area contributed by atoms with Crippen LogP contribution in [0.15, 0.2) is 47.5 Å². The zero-order valence-electron chi connectivity index (χ0n) is 13.9. The lowest BCUT2D eigenvalue weighted by Gasteiger charge is -2.10. The van der Waals surface area contributed by atoms with Gasteiger partial charge in [-0.05, 0) is 59.7 Å². The van der Waals surface area contributed by atoms with E-state index in [0.29, 0.717) is 18.0 Å². The van der Waals surface area contributed by atoms with Crippen LogP contribution in [0.25, 0.3) is 11.1 Å². The number of hydrogen-bond acceptors (Lipinski definition) is 3. The molecule has 0 bridgehead atoms. The van der Waals surface area contributed by atoms with Crippen LogP contribution in [-0.2, 0) is 16.2 Å². The van der Waals surface area contributed by atoms with Crippen molar-refractivity contribution in [1.82, 2.24) is 4.98 Å². The van der Waals surface area contributed by atoms with E-state index < -0.39 is 21.8 Å². The van der Waals surface area contributed by atoms with E-state index in [1.54, 1.807) is 12.1 Å². The lowest BCUT2D eigenvalue weighted by molar-refractivity contribution is -0.137. The quantitative estimate of drug-likeness (QED) is 0.869. The van der Waals surface area contributed by atoms with Gasteiger partial charge in [0.05, 0.1) is 16.2 Å². The highest BCUT2D eigenvalue weighted by Crippen LogP contribution is 2.42. The molecule has 3 rings (SSSR count). The highest BCUT2D eigenvalue weighted by atomic mass is 32.2. The van der Waals surface area contributed by atoms with Gasteiger partial charge in [0.15, 0.2) is 0 Å². The Hall–Kier alpha value is -2.19. The zero-order valence-corrected chi connectivity index (χ0v) is 14.7. The average Bonchev–Trinajstić information content (AvgIpc) is 2.95. The molecular formula is C18H17F3N2O2S. The highest BCUT2D eigenvalue weighted by Gasteiger charge is 2.31. The van der Waals surface area contributed by atoms with Crippen LogP contribution >= 0.6 is 0 Å². The lowest BCUT2D eigenvalue weighted by atomic mass is 9.99. The Kier molecular flexibility index (Phi) is 4.66. The maximum Gasteiger partial charge on any atom is 0.417 e. The number of pyridine rings is 1. The SMILES string of the molecule is CC1CC(c2ccc(S(N)(=O)=O)cc2)=C(c2ccc(C(F)(F)F)cn2)C1. The number of sulfonamides is 1. The van der Waals surface area contributed by atoms with Gasteiger partial charge in [-0.2, -0.15) is 13.2 Å². The molecule has 2 N–H and O–H groups in total. The van der Waals surface area contributed by atoms with Crippen LogP contribution in [0.4, 0.5) is 13.2 Å². The summed E-state index contributed by atoms with van der Waals surface area (Å²) in [7, 11) is -3.77. The first-order valence-electron chi connectivity index (χ1n) is 7.94. The van der Waals surface area contributed by atoms with Crippen molar-refractivity contribution in [2.24, 2.45) is 11.1 Å². The predicted octanol–water partition coefficient (Wildman–Crippen LogP) is 4.09. The van der Waals surface area contributed by atoms with Crippen molar-refractivity contribution in [2.75, 3.05) is 0 Å². The van der Waals surface area contributed by atoms with Crippen molar-refractivity contribution in [2.45, 2.75) is 30.8 Å². The van der Waals surface area contributed by atoms with Crippen LogP contribution in [0.2, 0.25) is 0 Å². The number of nitrogens with two attached hydrogens (primary N) is 1. The first-order chi connectivity index (χ1) is 12.1. The van der Waals surface area contributed by atoms with Gasteiger partial charge in [0.25, 0.3) is 0 Å². The summed E-state index contributed by atoms with van der Waals surface area (Å²) in [6, 6.07) is 8.60. The second-order valence-corrected chi connectivity index (χ2v) is 8.03. The van der Waals surface area contributed by atoms with Crippen molar-refractivity contribution in [3.63, 3.8) is 0 Å². The minimum atomic E-state index is -4.42. The molecule has 1 aliphatic rings. The number of hydrogen-bond donors (Lipinski definition) is 1. The number of rotatable bonds is 3. The molecule has 1 unspecified atom stereocenters. The molecule has 138 valence electrons. The summed E-state index contributed by atoms with van der Waals surface area (Å²) in [6.07, 6.45) is -2.14. The molecule has 1 aliphatic carbocycles. The first-order valence-corrected chi connectivity index (χ1v) is 9.49. The van der Waals surface area contributed by atoms with Crippen LogP contribution in [0, 0.1) is 5.92 Å². The molecular weight excluding hydrogens is 365 g/mol.